The maximum absolute atomic E-state index is 3.35. The number of allylic oxidation sites excluding steroid dienone is 6. The van der Waals surface area contributed by atoms with Gasteiger partial charge < -0.3 is 0 Å². The predicted octanol–water partition coefficient (Wildman–Crippen LogP) is 5.41. The van der Waals surface area contributed by atoms with E-state index < -0.39 is 0 Å². The van der Waals surface area contributed by atoms with E-state index in [0.717, 1.165) is 18.2 Å². The van der Waals surface area contributed by atoms with Crippen molar-refractivity contribution in [1.29, 1.82) is 0 Å². The van der Waals surface area contributed by atoms with E-state index in [4.69, 9.17) is 0 Å². The van der Waals surface area contributed by atoms with Gasteiger partial charge in [0.25, 0.3) is 0 Å². The number of halogens is 1. The van der Waals surface area contributed by atoms with E-state index in [1.54, 1.807) is 0 Å². The summed E-state index contributed by atoms with van der Waals surface area (Å²) in [6.07, 6.45) is 20.7. The first-order chi connectivity index (χ1) is 7.41. The van der Waals surface area contributed by atoms with E-state index in [1.165, 1.54) is 25.7 Å². The summed E-state index contributed by atoms with van der Waals surface area (Å²) >= 11 is 3.35. The first-order valence-electron chi connectivity index (χ1n) is 5.92. The highest BCUT2D eigenvalue weighted by Crippen LogP contribution is 2.00. The van der Waals surface area contributed by atoms with Gasteiger partial charge >= 0.3 is 0 Å². The highest BCUT2D eigenvalue weighted by atomic mass is 79.9. The molecule has 0 radical (unpaired) electrons. The molecular weight excluding hydrogens is 248 g/mol. The molecule has 0 aromatic rings. The zero-order valence-corrected chi connectivity index (χ0v) is 11.4. The molecule has 0 amide bonds. The Morgan fingerprint density at radius 1 is 0.800 bits per heavy atom. The standard InChI is InChI=1S/C14H23Br/c1-2-3-4-5-6-7-8-9-10-11-12-13-14-15/h6-7,9-10,12-13H,2-5,8,11,14H2,1H3. The van der Waals surface area contributed by atoms with Gasteiger partial charge in [0.15, 0.2) is 0 Å². The van der Waals surface area contributed by atoms with Crippen molar-refractivity contribution >= 4 is 15.9 Å². The first-order valence-corrected chi connectivity index (χ1v) is 7.05. The van der Waals surface area contributed by atoms with Gasteiger partial charge in [0.2, 0.25) is 0 Å². The SMILES string of the molecule is CCCCCC=CCC=CCC=CCBr. The van der Waals surface area contributed by atoms with Crippen molar-refractivity contribution in [2.24, 2.45) is 0 Å². The molecule has 0 aliphatic heterocycles. The molecule has 0 heterocycles. The lowest BCUT2D eigenvalue weighted by Gasteiger charge is -1.90. The fourth-order valence-electron chi connectivity index (χ4n) is 1.24. The van der Waals surface area contributed by atoms with Gasteiger partial charge in [-0.3, -0.25) is 0 Å². The second kappa shape index (κ2) is 13.7. The van der Waals surface area contributed by atoms with Gasteiger partial charge in [-0.25, -0.2) is 0 Å². The molecule has 0 aliphatic carbocycles. The van der Waals surface area contributed by atoms with Gasteiger partial charge in [0, 0.05) is 5.33 Å². The van der Waals surface area contributed by atoms with Crippen molar-refractivity contribution in [3.05, 3.63) is 36.5 Å². The molecule has 1 heteroatoms. The maximum Gasteiger partial charge on any atom is 0.0212 e. The summed E-state index contributed by atoms with van der Waals surface area (Å²) in [6, 6.07) is 0. The molecule has 0 fully saturated rings. The van der Waals surface area contributed by atoms with Crippen LogP contribution >= 0.6 is 15.9 Å². The van der Waals surface area contributed by atoms with Gasteiger partial charge in [0.1, 0.15) is 0 Å². The predicted molar refractivity (Wildman–Crippen MR) is 74.6 cm³/mol. The summed E-state index contributed by atoms with van der Waals surface area (Å²) in [7, 11) is 0. The smallest absolute Gasteiger partial charge is 0.0212 e. The van der Waals surface area contributed by atoms with Crippen molar-refractivity contribution in [3.63, 3.8) is 0 Å². The van der Waals surface area contributed by atoms with Crippen LogP contribution in [0.25, 0.3) is 0 Å². The average Bonchev–Trinajstić information content (AvgIpc) is 2.26. The second-order valence-corrected chi connectivity index (χ2v) is 4.18. The van der Waals surface area contributed by atoms with Gasteiger partial charge in [-0.1, -0.05) is 72.2 Å². The van der Waals surface area contributed by atoms with Crippen molar-refractivity contribution in [2.75, 3.05) is 5.33 Å². The molecule has 0 nitrogen and oxygen atoms in total. The van der Waals surface area contributed by atoms with Crippen molar-refractivity contribution in [2.45, 2.75) is 45.4 Å². The molecule has 0 spiro atoms. The zero-order valence-electron chi connectivity index (χ0n) is 9.79. The Bertz CT molecular complexity index is 190. The van der Waals surface area contributed by atoms with Crippen LogP contribution in [0.4, 0.5) is 0 Å². The quantitative estimate of drug-likeness (QED) is 0.299. The minimum absolute atomic E-state index is 0.957. The highest BCUT2D eigenvalue weighted by molar-refractivity contribution is 9.09. The van der Waals surface area contributed by atoms with E-state index in [-0.39, 0.29) is 0 Å². The van der Waals surface area contributed by atoms with E-state index in [2.05, 4.69) is 59.3 Å². The minimum Gasteiger partial charge on any atom is -0.0883 e. The average molecular weight is 271 g/mol. The summed E-state index contributed by atoms with van der Waals surface area (Å²) in [6.45, 7) is 2.24. The molecule has 0 saturated heterocycles. The minimum atomic E-state index is 0.957. The van der Waals surface area contributed by atoms with Gasteiger partial charge in [-0.2, -0.15) is 0 Å². The molecule has 86 valence electrons. The van der Waals surface area contributed by atoms with Crippen LogP contribution in [-0.2, 0) is 0 Å². The molecule has 0 N–H and O–H groups in total. The number of hydrogen-bond acceptors (Lipinski definition) is 0. The molecular formula is C14H23Br. The Labute approximate surface area is 103 Å². The summed E-state index contributed by atoms with van der Waals surface area (Å²) in [5.74, 6) is 0. The van der Waals surface area contributed by atoms with Crippen molar-refractivity contribution < 1.29 is 0 Å². The summed E-state index contributed by atoms with van der Waals surface area (Å²) < 4.78 is 0. The van der Waals surface area contributed by atoms with Crippen LogP contribution in [0.2, 0.25) is 0 Å². The number of alkyl halides is 1. The van der Waals surface area contributed by atoms with Crippen LogP contribution in [-0.4, -0.2) is 5.33 Å². The van der Waals surface area contributed by atoms with Gasteiger partial charge in [0.05, 0.1) is 0 Å². The van der Waals surface area contributed by atoms with Crippen LogP contribution in [0.3, 0.4) is 0 Å². The number of unbranched alkanes of at least 4 members (excludes halogenated alkanes) is 3. The Morgan fingerprint density at radius 3 is 2.00 bits per heavy atom. The Balaban J connectivity index is 3.24. The molecule has 0 atom stereocenters. The summed E-state index contributed by atoms with van der Waals surface area (Å²) in [5.41, 5.74) is 0. The summed E-state index contributed by atoms with van der Waals surface area (Å²) in [5, 5.41) is 0.957. The third-order valence-electron chi connectivity index (χ3n) is 2.11. The van der Waals surface area contributed by atoms with E-state index >= 15 is 0 Å². The second-order valence-electron chi connectivity index (χ2n) is 3.54. The lowest BCUT2D eigenvalue weighted by atomic mass is 10.2. The first kappa shape index (κ1) is 14.7. The molecule has 15 heavy (non-hydrogen) atoms. The molecule has 0 rings (SSSR count). The van der Waals surface area contributed by atoms with E-state index in [9.17, 15) is 0 Å². The largest absolute Gasteiger partial charge is 0.0883 e. The van der Waals surface area contributed by atoms with Gasteiger partial charge in [-0.05, 0) is 25.7 Å². The van der Waals surface area contributed by atoms with Gasteiger partial charge in [-0.15, -0.1) is 0 Å². The number of rotatable bonds is 9. The fourth-order valence-corrected chi connectivity index (χ4v) is 1.50. The molecule has 0 aliphatic rings. The van der Waals surface area contributed by atoms with Crippen LogP contribution in [0.1, 0.15) is 45.4 Å². The Morgan fingerprint density at radius 2 is 1.40 bits per heavy atom. The maximum atomic E-state index is 3.35. The lowest BCUT2D eigenvalue weighted by Crippen LogP contribution is -1.70. The Kier molecular flexibility index (Phi) is 13.4. The van der Waals surface area contributed by atoms with Crippen LogP contribution in [0.15, 0.2) is 36.5 Å². The molecule has 0 bridgehead atoms. The van der Waals surface area contributed by atoms with Crippen LogP contribution in [0, 0.1) is 0 Å². The molecule has 0 unspecified atom stereocenters. The molecule has 0 saturated carbocycles. The van der Waals surface area contributed by atoms with E-state index in [1.807, 2.05) is 0 Å². The Hall–Kier alpha value is -0.300. The van der Waals surface area contributed by atoms with Crippen LogP contribution < -0.4 is 0 Å². The van der Waals surface area contributed by atoms with E-state index in [0.29, 0.717) is 0 Å². The van der Waals surface area contributed by atoms with Crippen LogP contribution in [0.5, 0.6) is 0 Å². The third-order valence-corrected chi connectivity index (χ3v) is 2.48. The zero-order chi connectivity index (χ0) is 11.2. The molecule has 0 aromatic heterocycles. The molecule has 0 aromatic carbocycles. The monoisotopic (exact) mass is 270 g/mol. The van der Waals surface area contributed by atoms with Crippen molar-refractivity contribution in [3.8, 4) is 0 Å². The normalized spacial score (nSPS) is 12.4. The third kappa shape index (κ3) is 13.7. The fraction of sp³-hybridized carbons (Fsp3) is 0.571. The van der Waals surface area contributed by atoms with Crippen molar-refractivity contribution in [1.82, 2.24) is 0 Å². The topological polar surface area (TPSA) is 0 Å². The highest BCUT2D eigenvalue weighted by Gasteiger charge is 1.80. The lowest BCUT2D eigenvalue weighted by molar-refractivity contribution is 0.728. The number of hydrogen-bond donors (Lipinski definition) is 0. The summed E-state index contributed by atoms with van der Waals surface area (Å²) in [4.78, 5) is 0.